The Morgan fingerprint density at radius 3 is 2.33 bits per heavy atom. The third-order valence-electron chi connectivity index (χ3n) is 6.16. The van der Waals surface area contributed by atoms with E-state index in [9.17, 15) is 14.4 Å². The molecule has 0 radical (unpaired) electrons. The van der Waals surface area contributed by atoms with Crippen LogP contribution in [0, 0.1) is 5.92 Å². The van der Waals surface area contributed by atoms with E-state index in [2.05, 4.69) is 34.9 Å². The quantitative estimate of drug-likeness (QED) is 0.568. The summed E-state index contributed by atoms with van der Waals surface area (Å²) in [6.07, 6.45) is -0.413. The highest BCUT2D eigenvalue weighted by Crippen LogP contribution is 2.44. The van der Waals surface area contributed by atoms with E-state index < -0.39 is 24.0 Å². The minimum atomic E-state index is -0.884. The van der Waals surface area contributed by atoms with Gasteiger partial charge in [0.25, 0.3) is 0 Å². The maximum Gasteiger partial charge on any atom is 0.407 e. The molecule has 2 aliphatic rings. The fourth-order valence-electron chi connectivity index (χ4n) is 4.49. The van der Waals surface area contributed by atoms with Gasteiger partial charge in [0.15, 0.2) is 0 Å². The maximum absolute atomic E-state index is 12.3. The van der Waals surface area contributed by atoms with Crippen LogP contribution in [0.3, 0.4) is 0 Å². The zero-order valence-electron chi connectivity index (χ0n) is 18.5. The average molecular weight is 453 g/mol. The van der Waals surface area contributed by atoms with E-state index in [1.54, 1.807) is 6.92 Å². The van der Waals surface area contributed by atoms with E-state index in [1.165, 1.54) is 0 Å². The van der Waals surface area contributed by atoms with E-state index in [1.807, 2.05) is 24.3 Å². The van der Waals surface area contributed by atoms with E-state index >= 15 is 0 Å². The van der Waals surface area contributed by atoms with Crippen molar-refractivity contribution in [2.75, 3.05) is 19.8 Å². The van der Waals surface area contributed by atoms with E-state index in [0.29, 0.717) is 6.42 Å². The Bertz CT molecular complexity index is 994. The van der Waals surface area contributed by atoms with Gasteiger partial charge in [-0.25, -0.2) is 4.79 Å². The topological polar surface area (TPSA) is 114 Å². The fourth-order valence-corrected chi connectivity index (χ4v) is 4.49. The summed E-state index contributed by atoms with van der Waals surface area (Å²) in [7, 11) is 0. The molecule has 1 saturated heterocycles. The van der Waals surface area contributed by atoms with Crippen molar-refractivity contribution in [2.24, 2.45) is 5.92 Å². The summed E-state index contributed by atoms with van der Waals surface area (Å²) in [5.41, 5.74) is 4.59. The fraction of sp³-hybridized carbons (Fsp3) is 0.400. The molecule has 33 heavy (non-hydrogen) atoms. The lowest BCUT2D eigenvalue weighted by atomic mass is 9.98. The van der Waals surface area contributed by atoms with Gasteiger partial charge >= 0.3 is 12.1 Å². The van der Waals surface area contributed by atoms with Gasteiger partial charge in [0, 0.05) is 24.9 Å². The van der Waals surface area contributed by atoms with Crippen LogP contribution in [0.2, 0.25) is 0 Å². The molecule has 8 heteroatoms. The number of carboxylic acid groups (broad SMARTS) is 1. The van der Waals surface area contributed by atoms with Crippen molar-refractivity contribution < 1.29 is 29.0 Å². The van der Waals surface area contributed by atoms with Gasteiger partial charge in [0.2, 0.25) is 5.91 Å². The second-order valence-corrected chi connectivity index (χ2v) is 8.61. The molecule has 1 aliphatic heterocycles. The number of carboxylic acids is 1. The molecule has 0 spiro atoms. The van der Waals surface area contributed by atoms with Gasteiger partial charge in [0.1, 0.15) is 6.61 Å². The van der Waals surface area contributed by atoms with Gasteiger partial charge in [-0.2, -0.15) is 0 Å². The van der Waals surface area contributed by atoms with Crippen LogP contribution in [-0.2, 0) is 19.1 Å². The first-order valence-electron chi connectivity index (χ1n) is 11.1. The molecule has 8 nitrogen and oxygen atoms in total. The average Bonchev–Trinajstić information content (AvgIpc) is 3.39. The van der Waals surface area contributed by atoms with Gasteiger partial charge in [-0.1, -0.05) is 48.5 Å². The number of carbonyl (C=O) groups excluding carboxylic acids is 2. The smallest absolute Gasteiger partial charge is 0.407 e. The van der Waals surface area contributed by atoms with Gasteiger partial charge in [-0.15, -0.1) is 0 Å². The van der Waals surface area contributed by atoms with Crippen molar-refractivity contribution >= 4 is 18.0 Å². The molecule has 0 aromatic heterocycles. The Balaban J connectivity index is 1.22. The molecule has 174 valence electrons. The minimum Gasteiger partial charge on any atom is -0.481 e. The number of nitrogens with one attached hydrogen (secondary N) is 2. The number of amides is 2. The van der Waals surface area contributed by atoms with Gasteiger partial charge in [0.05, 0.1) is 18.6 Å². The van der Waals surface area contributed by atoms with Gasteiger partial charge in [-0.05, 0) is 35.6 Å². The van der Waals surface area contributed by atoms with Crippen molar-refractivity contribution in [2.45, 2.75) is 37.8 Å². The van der Waals surface area contributed by atoms with Crippen LogP contribution >= 0.6 is 0 Å². The number of hydrogen-bond donors (Lipinski definition) is 3. The van der Waals surface area contributed by atoms with Crippen molar-refractivity contribution in [3.63, 3.8) is 0 Å². The Labute approximate surface area is 192 Å². The monoisotopic (exact) mass is 452 g/mol. The Morgan fingerprint density at radius 1 is 1.09 bits per heavy atom. The summed E-state index contributed by atoms with van der Waals surface area (Å²) >= 11 is 0. The first-order valence-corrected chi connectivity index (χ1v) is 11.1. The predicted octanol–water partition coefficient (Wildman–Crippen LogP) is 2.91. The Hall–Kier alpha value is -3.39. The third kappa shape index (κ3) is 5.34. The summed E-state index contributed by atoms with van der Waals surface area (Å²) < 4.78 is 10.9. The van der Waals surface area contributed by atoms with Gasteiger partial charge < -0.3 is 25.2 Å². The zero-order chi connectivity index (χ0) is 23.4. The molecule has 1 fully saturated rings. The van der Waals surface area contributed by atoms with Crippen LogP contribution in [0.15, 0.2) is 48.5 Å². The van der Waals surface area contributed by atoms with Crippen molar-refractivity contribution in [3.05, 3.63) is 59.7 Å². The maximum atomic E-state index is 12.3. The normalized spacial score (nSPS) is 19.9. The number of rotatable bonds is 8. The number of carbonyl (C=O) groups is 3. The second kappa shape index (κ2) is 10.0. The molecular weight excluding hydrogens is 424 g/mol. The number of aliphatic carboxylic acids is 1. The third-order valence-corrected chi connectivity index (χ3v) is 6.16. The first kappa shape index (κ1) is 22.8. The van der Waals surface area contributed by atoms with Crippen LogP contribution in [0.4, 0.5) is 4.79 Å². The SMILES string of the molecule is C[C@@H](CC(=O)NCC1CC(C(=O)O)CO1)NC(=O)OCC1c2ccccc2-c2ccccc21. The van der Waals surface area contributed by atoms with Crippen LogP contribution in [0.5, 0.6) is 0 Å². The molecule has 1 heterocycles. The van der Waals surface area contributed by atoms with Crippen molar-refractivity contribution in [1.82, 2.24) is 10.6 Å². The lowest BCUT2D eigenvalue weighted by Crippen LogP contribution is -2.39. The summed E-state index contributed by atoms with van der Waals surface area (Å²) in [5.74, 6) is -1.68. The van der Waals surface area contributed by atoms with Crippen LogP contribution in [0.1, 0.15) is 36.8 Å². The van der Waals surface area contributed by atoms with Crippen LogP contribution < -0.4 is 10.6 Å². The highest BCUT2D eigenvalue weighted by molar-refractivity contribution is 5.79. The summed E-state index contributed by atoms with van der Waals surface area (Å²) in [6, 6.07) is 15.8. The molecule has 0 saturated carbocycles. The molecule has 0 bridgehead atoms. The highest BCUT2D eigenvalue weighted by atomic mass is 16.5. The molecule has 3 atom stereocenters. The predicted molar refractivity (Wildman–Crippen MR) is 121 cm³/mol. The lowest BCUT2D eigenvalue weighted by Gasteiger charge is -2.17. The van der Waals surface area contributed by atoms with E-state index in [4.69, 9.17) is 14.6 Å². The number of benzene rings is 2. The van der Waals surface area contributed by atoms with Gasteiger partial charge in [-0.3, -0.25) is 9.59 Å². The van der Waals surface area contributed by atoms with E-state index in [-0.39, 0.29) is 44.1 Å². The van der Waals surface area contributed by atoms with Crippen molar-refractivity contribution in [3.8, 4) is 11.1 Å². The van der Waals surface area contributed by atoms with Crippen LogP contribution in [0.25, 0.3) is 11.1 Å². The molecule has 2 aromatic carbocycles. The second-order valence-electron chi connectivity index (χ2n) is 8.61. The Morgan fingerprint density at radius 2 is 1.73 bits per heavy atom. The van der Waals surface area contributed by atoms with E-state index in [0.717, 1.165) is 22.3 Å². The molecule has 2 unspecified atom stereocenters. The first-order chi connectivity index (χ1) is 15.9. The zero-order valence-corrected chi connectivity index (χ0v) is 18.5. The standard InChI is InChI=1S/C25H28N2O6/c1-15(10-23(28)26-12-17-11-16(13-32-17)24(29)30)27-25(31)33-14-22-20-8-4-2-6-18(20)19-7-3-5-9-21(19)22/h2-9,15-17,22H,10-14H2,1H3,(H,26,28)(H,27,31)(H,29,30)/t15-,16?,17?/m0/s1. The van der Waals surface area contributed by atoms with Crippen LogP contribution in [-0.4, -0.2) is 55.0 Å². The summed E-state index contributed by atoms with van der Waals surface area (Å²) in [6.45, 7) is 2.35. The van der Waals surface area contributed by atoms with Crippen molar-refractivity contribution in [1.29, 1.82) is 0 Å². The largest absolute Gasteiger partial charge is 0.481 e. The molecular formula is C25H28N2O6. The molecule has 2 amide bonds. The summed E-state index contributed by atoms with van der Waals surface area (Å²) in [4.78, 5) is 35.5. The number of hydrogen-bond acceptors (Lipinski definition) is 5. The molecule has 1 aliphatic carbocycles. The number of ether oxygens (including phenoxy) is 2. The molecule has 2 aromatic rings. The highest BCUT2D eigenvalue weighted by Gasteiger charge is 2.31. The number of fused-ring (bicyclic) bond motifs is 3. The molecule has 3 N–H and O–H groups in total. The minimum absolute atomic E-state index is 0.0252. The lowest BCUT2D eigenvalue weighted by molar-refractivity contribution is -0.141. The Kier molecular flexibility index (Phi) is 6.93. The summed E-state index contributed by atoms with van der Waals surface area (Å²) in [5, 5.41) is 14.4. The number of alkyl carbamates (subject to hydrolysis) is 1. The molecule has 4 rings (SSSR count).